The number of nitrogen functional groups attached to an aromatic ring is 1. The Kier molecular flexibility index (Phi) is 5.08. The lowest BCUT2D eigenvalue weighted by molar-refractivity contribution is 0.602. The molecule has 5 nitrogen and oxygen atoms in total. The number of anilines is 2. The Bertz CT molecular complexity index is 718. The Morgan fingerprint density at radius 1 is 1.19 bits per heavy atom. The normalized spacial score (nSPS) is 11.3. The van der Waals surface area contributed by atoms with Crippen LogP contribution in [0.15, 0.2) is 47.4 Å². The molecule has 0 aliphatic rings. The summed E-state index contributed by atoms with van der Waals surface area (Å²) in [7, 11) is -3.41. The van der Waals surface area contributed by atoms with Gasteiger partial charge in [0.2, 0.25) is 10.0 Å². The van der Waals surface area contributed by atoms with Crippen LogP contribution in [0.3, 0.4) is 0 Å². The van der Waals surface area contributed by atoms with E-state index in [4.69, 9.17) is 5.73 Å². The van der Waals surface area contributed by atoms with Gasteiger partial charge in [0, 0.05) is 22.0 Å². The molecule has 0 radical (unpaired) electrons. The molecule has 3 N–H and O–H groups in total. The molecule has 0 amide bonds. The van der Waals surface area contributed by atoms with Crippen molar-refractivity contribution in [2.24, 2.45) is 0 Å². The first-order chi connectivity index (χ1) is 9.96. The van der Waals surface area contributed by atoms with Crippen molar-refractivity contribution in [3.8, 4) is 0 Å². The largest absolute Gasteiger partial charge is 0.398 e. The highest BCUT2D eigenvalue weighted by Gasteiger charge is 2.11. The standard InChI is InChI=1S/C14H17N3O2S2/c1-11-5-4-8-14(16-11)17-21(18,19)10-9-20-13-7-3-2-6-12(13)15/h2-8H,9-10,15H2,1H3,(H,16,17). The molecule has 1 heterocycles. The van der Waals surface area contributed by atoms with Crippen molar-refractivity contribution in [3.63, 3.8) is 0 Å². The molecule has 1 aromatic carbocycles. The number of rotatable bonds is 6. The highest BCUT2D eigenvalue weighted by Crippen LogP contribution is 2.24. The van der Waals surface area contributed by atoms with Crippen molar-refractivity contribution in [1.29, 1.82) is 0 Å². The van der Waals surface area contributed by atoms with Crippen molar-refractivity contribution in [1.82, 2.24) is 4.98 Å². The molecule has 7 heteroatoms. The molecule has 0 fully saturated rings. The van der Waals surface area contributed by atoms with E-state index >= 15 is 0 Å². The van der Waals surface area contributed by atoms with E-state index in [0.29, 0.717) is 17.3 Å². The average molecular weight is 323 g/mol. The summed E-state index contributed by atoms with van der Waals surface area (Å²) < 4.78 is 26.5. The first kappa shape index (κ1) is 15.7. The van der Waals surface area contributed by atoms with Crippen molar-refractivity contribution in [3.05, 3.63) is 48.2 Å². The number of benzene rings is 1. The summed E-state index contributed by atoms with van der Waals surface area (Å²) in [5, 5.41) is 0. The van der Waals surface area contributed by atoms with Crippen molar-refractivity contribution >= 4 is 33.3 Å². The monoisotopic (exact) mass is 323 g/mol. The molecule has 112 valence electrons. The van der Waals surface area contributed by atoms with Gasteiger partial charge in [0.15, 0.2) is 0 Å². The lowest BCUT2D eigenvalue weighted by Crippen LogP contribution is -2.19. The van der Waals surface area contributed by atoms with Gasteiger partial charge in [-0.2, -0.15) is 0 Å². The summed E-state index contributed by atoms with van der Waals surface area (Å²) in [5.41, 5.74) is 7.24. The van der Waals surface area contributed by atoms with Crippen molar-refractivity contribution in [2.75, 3.05) is 22.0 Å². The molecule has 0 aliphatic heterocycles. The Hall–Kier alpha value is -1.73. The molecule has 1 aromatic heterocycles. The third kappa shape index (κ3) is 4.95. The lowest BCUT2D eigenvalue weighted by atomic mass is 10.3. The molecule has 0 spiro atoms. The van der Waals surface area contributed by atoms with Gasteiger partial charge in [-0.1, -0.05) is 18.2 Å². The van der Waals surface area contributed by atoms with Crippen molar-refractivity contribution < 1.29 is 8.42 Å². The molecule has 0 atom stereocenters. The van der Waals surface area contributed by atoms with Gasteiger partial charge in [0.25, 0.3) is 0 Å². The second-order valence-electron chi connectivity index (χ2n) is 4.47. The Morgan fingerprint density at radius 2 is 1.95 bits per heavy atom. The minimum atomic E-state index is -3.41. The number of para-hydroxylation sites is 1. The fraction of sp³-hybridized carbons (Fsp3) is 0.214. The highest BCUT2D eigenvalue weighted by atomic mass is 32.2. The van der Waals surface area contributed by atoms with E-state index in [1.54, 1.807) is 18.2 Å². The van der Waals surface area contributed by atoms with E-state index in [2.05, 4.69) is 9.71 Å². The van der Waals surface area contributed by atoms with Gasteiger partial charge in [0.1, 0.15) is 5.82 Å². The summed E-state index contributed by atoms with van der Waals surface area (Å²) >= 11 is 1.42. The number of aryl methyl sites for hydroxylation is 1. The summed E-state index contributed by atoms with van der Waals surface area (Å²) in [5.74, 6) is 0.774. The van der Waals surface area contributed by atoms with Crippen LogP contribution in [0.4, 0.5) is 11.5 Å². The van der Waals surface area contributed by atoms with Gasteiger partial charge in [-0.05, 0) is 31.2 Å². The van der Waals surface area contributed by atoms with Crippen LogP contribution in [0, 0.1) is 6.92 Å². The second-order valence-corrected chi connectivity index (χ2v) is 7.45. The number of nitrogens with one attached hydrogen (secondary N) is 1. The number of thioether (sulfide) groups is 1. The molecule has 0 aliphatic carbocycles. The van der Waals surface area contributed by atoms with E-state index in [9.17, 15) is 8.42 Å². The van der Waals surface area contributed by atoms with Gasteiger partial charge >= 0.3 is 0 Å². The Balaban J connectivity index is 1.91. The van der Waals surface area contributed by atoms with Gasteiger partial charge in [0.05, 0.1) is 5.75 Å². The summed E-state index contributed by atoms with van der Waals surface area (Å²) in [6, 6.07) is 12.6. The van der Waals surface area contributed by atoms with E-state index in [-0.39, 0.29) is 5.75 Å². The quantitative estimate of drug-likeness (QED) is 0.630. The minimum Gasteiger partial charge on any atom is -0.398 e. The molecule has 0 unspecified atom stereocenters. The molecule has 0 saturated heterocycles. The zero-order valence-corrected chi connectivity index (χ0v) is 13.2. The summed E-state index contributed by atoms with van der Waals surface area (Å²) in [6.07, 6.45) is 0. The zero-order valence-electron chi connectivity index (χ0n) is 11.6. The maximum Gasteiger partial charge on any atom is 0.234 e. The number of pyridine rings is 1. The predicted molar refractivity (Wildman–Crippen MR) is 88.0 cm³/mol. The van der Waals surface area contributed by atoms with Crippen LogP contribution in [-0.4, -0.2) is 24.9 Å². The van der Waals surface area contributed by atoms with Gasteiger partial charge < -0.3 is 5.73 Å². The van der Waals surface area contributed by atoms with Gasteiger partial charge in [-0.3, -0.25) is 4.72 Å². The highest BCUT2D eigenvalue weighted by molar-refractivity contribution is 8.01. The van der Waals surface area contributed by atoms with Gasteiger partial charge in [-0.15, -0.1) is 11.8 Å². The molecule has 2 aromatic rings. The molecular formula is C14H17N3O2S2. The third-order valence-electron chi connectivity index (χ3n) is 2.68. The molecule has 0 saturated carbocycles. The van der Waals surface area contributed by atoms with Crippen molar-refractivity contribution in [2.45, 2.75) is 11.8 Å². The molecule has 0 bridgehead atoms. The average Bonchev–Trinajstić information content (AvgIpc) is 2.40. The van der Waals surface area contributed by atoms with E-state index in [1.807, 2.05) is 31.2 Å². The third-order valence-corrected chi connectivity index (χ3v) is 5.29. The van der Waals surface area contributed by atoms with E-state index < -0.39 is 10.0 Å². The Morgan fingerprint density at radius 3 is 2.67 bits per heavy atom. The van der Waals surface area contributed by atoms with Crippen LogP contribution < -0.4 is 10.5 Å². The van der Waals surface area contributed by atoms with Crippen LogP contribution >= 0.6 is 11.8 Å². The topological polar surface area (TPSA) is 85.1 Å². The summed E-state index contributed by atoms with van der Waals surface area (Å²) in [4.78, 5) is 5.01. The number of nitrogens with two attached hydrogens (primary N) is 1. The van der Waals surface area contributed by atoms with Gasteiger partial charge in [-0.25, -0.2) is 13.4 Å². The molecular weight excluding hydrogens is 306 g/mol. The van der Waals surface area contributed by atoms with Crippen LogP contribution in [0.2, 0.25) is 0 Å². The number of sulfonamides is 1. The maximum atomic E-state index is 12.0. The van der Waals surface area contributed by atoms with E-state index in [1.165, 1.54) is 11.8 Å². The number of aromatic nitrogens is 1. The fourth-order valence-corrected chi connectivity index (χ4v) is 4.06. The smallest absolute Gasteiger partial charge is 0.234 e. The molecule has 2 rings (SSSR count). The number of hydrogen-bond donors (Lipinski definition) is 2. The van der Waals surface area contributed by atoms with Crippen LogP contribution in [0.25, 0.3) is 0 Å². The van der Waals surface area contributed by atoms with Crippen LogP contribution in [-0.2, 0) is 10.0 Å². The summed E-state index contributed by atoms with van der Waals surface area (Å²) in [6.45, 7) is 1.81. The fourth-order valence-electron chi connectivity index (χ4n) is 1.68. The number of hydrogen-bond acceptors (Lipinski definition) is 5. The van der Waals surface area contributed by atoms with E-state index in [0.717, 1.165) is 10.6 Å². The lowest BCUT2D eigenvalue weighted by Gasteiger charge is -2.08. The predicted octanol–water partition coefficient (Wildman–Crippen LogP) is 2.51. The zero-order chi connectivity index (χ0) is 15.3. The first-order valence-corrected chi connectivity index (χ1v) is 9.01. The maximum absolute atomic E-state index is 12.0. The first-order valence-electron chi connectivity index (χ1n) is 6.38. The van der Waals surface area contributed by atoms with Crippen LogP contribution in [0.5, 0.6) is 0 Å². The number of nitrogens with zero attached hydrogens (tertiary/aromatic N) is 1. The second kappa shape index (κ2) is 6.82. The SMILES string of the molecule is Cc1cccc(NS(=O)(=O)CCSc2ccccc2N)n1. The Labute approximate surface area is 129 Å². The minimum absolute atomic E-state index is 0.00161. The molecule has 21 heavy (non-hydrogen) atoms. The van der Waals surface area contributed by atoms with Crippen LogP contribution in [0.1, 0.15) is 5.69 Å².